The third-order valence-corrected chi connectivity index (χ3v) is 2.57. The molecule has 0 heterocycles. The van der Waals surface area contributed by atoms with Crippen molar-refractivity contribution in [2.75, 3.05) is 11.9 Å². The fraction of sp³-hybridized carbons (Fsp3) is 0.429. The van der Waals surface area contributed by atoms with Crippen LogP contribution in [0.5, 0.6) is 5.75 Å². The minimum Gasteiger partial charge on any atom is -0.491 e. The summed E-state index contributed by atoms with van der Waals surface area (Å²) in [6.45, 7) is 3.78. The van der Waals surface area contributed by atoms with Crippen molar-refractivity contribution >= 4 is 17.6 Å². The molecular weight excluding hydrogens is 265 g/mol. The Morgan fingerprint density at radius 1 is 1.40 bits per heavy atom. The molecule has 0 spiro atoms. The van der Waals surface area contributed by atoms with Gasteiger partial charge in [0.05, 0.1) is 6.61 Å². The molecule has 1 atom stereocenters. The van der Waals surface area contributed by atoms with Crippen LogP contribution in [0, 0.1) is 11.7 Å². The lowest BCUT2D eigenvalue weighted by Crippen LogP contribution is -2.17. The van der Waals surface area contributed by atoms with Gasteiger partial charge < -0.3 is 15.2 Å². The number of anilines is 1. The number of carboxylic acid groups (broad SMARTS) is 1. The number of carbonyl (C=O) groups is 2. The topological polar surface area (TPSA) is 75.6 Å². The number of halogens is 1. The highest BCUT2D eigenvalue weighted by atomic mass is 19.1. The molecule has 1 aromatic rings. The lowest BCUT2D eigenvalue weighted by atomic mass is 10.0. The molecule has 0 fully saturated rings. The van der Waals surface area contributed by atoms with Crippen molar-refractivity contribution in [2.24, 2.45) is 5.92 Å². The Morgan fingerprint density at radius 3 is 2.65 bits per heavy atom. The first kappa shape index (κ1) is 15.9. The molecule has 0 bridgehead atoms. The minimum atomic E-state index is -0.947. The third kappa shape index (κ3) is 5.26. The summed E-state index contributed by atoms with van der Waals surface area (Å²) in [6, 6.07) is 4.15. The Labute approximate surface area is 116 Å². The summed E-state index contributed by atoms with van der Waals surface area (Å²) in [4.78, 5) is 22.2. The highest BCUT2D eigenvalue weighted by molar-refractivity contribution is 5.91. The normalized spacial score (nSPS) is 11.8. The van der Waals surface area contributed by atoms with Gasteiger partial charge >= 0.3 is 5.97 Å². The Kier molecular flexibility index (Phi) is 5.96. The van der Waals surface area contributed by atoms with Gasteiger partial charge in [-0.2, -0.15) is 0 Å². The van der Waals surface area contributed by atoms with E-state index in [0.717, 1.165) is 0 Å². The largest absolute Gasteiger partial charge is 0.491 e. The van der Waals surface area contributed by atoms with Crippen LogP contribution in [0.25, 0.3) is 0 Å². The van der Waals surface area contributed by atoms with E-state index in [1.807, 2.05) is 0 Å². The number of aliphatic carboxylic acids is 1. The van der Waals surface area contributed by atoms with Gasteiger partial charge in [0, 0.05) is 24.6 Å². The first-order valence-corrected chi connectivity index (χ1v) is 6.36. The maximum atomic E-state index is 13.6. The van der Waals surface area contributed by atoms with Crippen LogP contribution >= 0.6 is 0 Å². The Balaban J connectivity index is 2.58. The van der Waals surface area contributed by atoms with Gasteiger partial charge in [-0.25, -0.2) is 4.39 Å². The summed E-state index contributed by atoms with van der Waals surface area (Å²) in [6.07, 6.45) is -0.00775. The zero-order valence-electron chi connectivity index (χ0n) is 11.5. The fourth-order valence-electron chi connectivity index (χ4n) is 1.75. The maximum absolute atomic E-state index is 13.6. The lowest BCUT2D eigenvalue weighted by molar-refractivity contribution is -0.138. The Bertz CT molecular complexity index is 490. The maximum Gasteiger partial charge on any atom is 0.303 e. The monoisotopic (exact) mass is 283 g/mol. The van der Waals surface area contributed by atoms with Crippen molar-refractivity contribution in [1.82, 2.24) is 0 Å². The molecule has 1 rings (SSSR count). The number of ether oxygens (including phenoxy) is 1. The van der Waals surface area contributed by atoms with Crippen LogP contribution in [-0.2, 0) is 9.59 Å². The van der Waals surface area contributed by atoms with Crippen molar-refractivity contribution in [3.63, 3.8) is 0 Å². The van der Waals surface area contributed by atoms with E-state index in [9.17, 15) is 14.0 Å². The van der Waals surface area contributed by atoms with Crippen LogP contribution in [0.2, 0.25) is 0 Å². The summed E-state index contributed by atoms with van der Waals surface area (Å²) in [7, 11) is 0. The molecule has 2 N–H and O–H groups in total. The third-order valence-electron chi connectivity index (χ3n) is 2.57. The average molecular weight is 283 g/mol. The van der Waals surface area contributed by atoms with Crippen molar-refractivity contribution in [1.29, 1.82) is 0 Å². The van der Waals surface area contributed by atoms with Crippen molar-refractivity contribution in [3.05, 3.63) is 24.0 Å². The van der Waals surface area contributed by atoms with Crippen LogP contribution in [-0.4, -0.2) is 23.6 Å². The van der Waals surface area contributed by atoms with Gasteiger partial charge in [0.25, 0.3) is 0 Å². The molecule has 0 aliphatic heterocycles. The van der Waals surface area contributed by atoms with E-state index in [2.05, 4.69) is 5.32 Å². The van der Waals surface area contributed by atoms with Crippen LogP contribution in [0.15, 0.2) is 18.2 Å². The number of nitrogens with one attached hydrogen (secondary N) is 1. The summed E-state index contributed by atoms with van der Waals surface area (Å²) < 4.78 is 18.6. The number of carbonyl (C=O) groups excluding carboxylic acids is 1. The Hall–Kier alpha value is -2.11. The molecule has 110 valence electrons. The molecule has 0 radical (unpaired) electrons. The molecule has 5 nitrogen and oxygen atoms in total. The molecular formula is C14H18FNO4. The molecule has 0 saturated carbocycles. The first-order valence-electron chi connectivity index (χ1n) is 6.36. The van der Waals surface area contributed by atoms with E-state index in [4.69, 9.17) is 9.84 Å². The van der Waals surface area contributed by atoms with Gasteiger partial charge in [-0.05, 0) is 25.0 Å². The number of benzene rings is 1. The second kappa shape index (κ2) is 7.47. The fourth-order valence-corrected chi connectivity index (χ4v) is 1.75. The van der Waals surface area contributed by atoms with Crippen LogP contribution in [0.3, 0.4) is 0 Å². The second-order valence-corrected chi connectivity index (χ2v) is 4.53. The van der Waals surface area contributed by atoms with Crippen LogP contribution in [0.1, 0.15) is 26.7 Å². The highest BCUT2D eigenvalue weighted by Crippen LogP contribution is 2.21. The number of amides is 1. The van der Waals surface area contributed by atoms with Crippen LogP contribution in [0.4, 0.5) is 10.1 Å². The second-order valence-electron chi connectivity index (χ2n) is 4.53. The lowest BCUT2D eigenvalue weighted by Gasteiger charge is -2.10. The van der Waals surface area contributed by atoms with E-state index in [1.165, 1.54) is 18.2 Å². The van der Waals surface area contributed by atoms with Crippen molar-refractivity contribution in [2.45, 2.75) is 26.7 Å². The van der Waals surface area contributed by atoms with Gasteiger partial charge in [-0.1, -0.05) is 6.92 Å². The number of carboxylic acids is 1. The van der Waals surface area contributed by atoms with Gasteiger partial charge in [-0.3, -0.25) is 9.59 Å². The van der Waals surface area contributed by atoms with Gasteiger partial charge in [-0.15, -0.1) is 0 Å². The van der Waals surface area contributed by atoms with Crippen molar-refractivity contribution in [3.8, 4) is 5.75 Å². The Morgan fingerprint density at radius 2 is 2.10 bits per heavy atom. The highest BCUT2D eigenvalue weighted by Gasteiger charge is 2.13. The molecule has 0 aromatic heterocycles. The van der Waals surface area contributed by atoms with Crippen LogP contribution < -0.4 is 10.1 Å². The summed E-state index contributed by atoms with van der Waals surface area (Å²) in [5, 5.41) is 11.1. The predicted octanol–water partition coefficient (Wildman–Crippen LogP) is 2.66. The number of hydrogen-bond donors (Lipinski definition) is 2. The molecule has 1 unspecified atom stereocenters. The van der Waals surface area contributed by atoms with Gasteiger partial charge in [0.2, 0.25) is 5.91 Å². The van der Waals surface area contributed by atoms with E-state index < -0.39 is 11.8 Å². The zero-order valence-corrected chi connectivity index (χ0v) is 11.5. The molecule has 20 heavy (non-hydrogen) atoms. The molecule has 0 aliphatic rings. The zero-order chi connectivity index (χ0) is 15.1. The van der Waals surface area contributed by atoms with E-state index >= 15 is 0 Å². The number of hydrogen-bond acceptors (Lipinski definition) is 3. The summed E-state index contributed by atoms with van der Waals surface area (Å²) in [5.41, 5.74) is 0.318. The van der Waals surface area contributed by atoms with E-state index in [0.29, 0.717) is 12.3 Å². The first-order chi connectivity index (χ1) is 9.42. The van der Waals surface area contributed by atoms with Crippen molar-refractivity contribution < 1.29 is 23.8 Å². The molecule has 1 amide bonds. The smallest absolute Gasteiger partial charge is 0.303 e. The summed E-state index contributed by atoms with van der Waals surface area (Å²) in [5.74, 6) is -1.99. The van der Waals surface area contributed by atoms with E-state index in [-0.39, 0.29) is 30.4 Å². The minimum absolute atomic E-state index is 0.0706. The van der Waals surface area contributed by atoms with E-state index in [1.54, 1.807) is 13.8 Å². The molecule has 1 aromatic carbocycles. The van der Waals surface area contributed by atoms with Gasteiger partial charge in [0.15, 0.2) is 11.6 Å². The molecule has 6 heteroatoms. The standard InChI is InChI=1S/C14H18FNO4/c1-3-20-12-5-4-10(8-11(12)15)16-13(17)6-9(2)7-14(18)19/h4-5,8-9H,3,6-7H2,1-2H3,(H,16,17)(H,18,19). The average Bonchev–Trinajstić information content (AvgIpc) is 2.31. The summed E-state index contributed by atoms with van der Waals surface area (Å²) >= 11 is 0. The predicted molar refractivity (Wildman–Crippen MR) is 72.2 cm³/mol. The quantitative estimate of drug-likeness (QED) is 0.806. The SMILES string of the molecule is CCOc1ccc(NC(=O)CC(C)CC(=O)O)cc1F. The van der Waals surface area contributed by atoms with Gasteiger partial charge in [0.1, 0.15) is 0 Å². The molecule has 0 aliphatic carbocycles. The number of rotatable bonds is 7. The molecule has 0 saturated heterocycles.